The van der Waals surface area contributed by atoms with Crippen molar-refractivity contribution in [3.63, 3.8) is 0 Å². The Morgan fingerprint density at radius 1 is 1.39 bits per heavy atom. The standard InChI is InChI=1S/C10H18N4O2S2/c1-11-7-9-8-17-10(12-9)13-3-5-14(6-4-13)18(2,15)16/h8,11H,3-7H2,1-2H3. The molecule has 1 N–H and O–H groups in total. The van der Waals surface area contributed by atoms with Gasteiger partial charge in [-0.3, -0.25) is 0 Å². The van der Waals surface area contributed by atoms with Crippen LogP contribution in [0.4, 0.5) is 5.13 Å². The number of anilines is 1. The molecule has 0 aromatic carbocycles. The fourth-order valence-corrected chi connectivity index (χ4v) is 3.62. The van der Waals surface area contributed by atoms with Crippen LogP contribution in [0.1, 0.15) is 5.69 Å². The minimum absolute atomic E-state index is 0.541. The molecule has 0 bridgehead atoms. The lowest BCUT2D eigenvalue weighted by molar-refractivity contribution is 0.388. The smallest absolute Gasteiger partial charge is 0.211 e. The maximum atomic E-state index is 11.4. The summed E-state index contributed by atoms with van der Waals surface area (Å²) >= 11 is 1.61. The minimum atomic E-state index is -3.06. The lowest BCUT2D eigenvalue weighted by Gasteiger charge is -2.32. The van der Waals surface area contributed by atoms with Crippen molar-refractivity contribution in [1.82, 2.24) is 14.6 Å². The van der Waals surface area contributed by atoms with Gasteiger partial charge in [0.1, 0.15) is 0 Å². The van der Waals surface area contributed by atoms with Crippen LogP contribution >= 0.6 is 11.3 Å². The number of nitrogens with one attached hydrogen (secondary N) is 1. The van der Waals surface area contributed by atoms with Gasteiger partial charge in [0.05, 0.1) is 11.9 Å². The van der Waals surface area contributed by atoms with E-state index >= 15 is 0 Å². The third-order valence-electron chi connectivity index (χ3n) is 2.88. The zero-order valence-electron chi connectivity index (χ0n) is 10.6. The highest BCUT2D eigenvalue weighted by molar-refractivity contribution is 7.88. The van der Waals surface area contributed by atoms with E-state index in [-0.39, 0.29) is 0 Å². The van der Waals surface area contributed by atoms with Crippen molar-refractivity contribution < 1.29 is 8.42 Å². The Morgan fingerprint density at radius 2 is 2.06 bits per heavy atom. The number of nitrogens with zero attached hydrogens (tertiary/aromatic N) is 3. The van der Waals surface area contributed by atoms with Crippen molar-refractivity contribution in [2.75, 3.05) is 44.4 Å². The zero-order valence-corrected chi connectivity index (χ0v) is 12.2. The molecule has 0 aliphatic carbocycles. The first kappa shape index (κ1) is 13.7. The number of rotatable bonds is 4. The molecule has 8 heteroatoms. The molecule has 0 atom stereocenters. The molecule has 1 saturated heterocycles. The van der Waals surface area contributed by atoms with E-state index < -0.39 is 10.0 Å². The van der Waals surface area contributed by atoms with Gasteiger partial charge in [-0.15, -0.1) is 11.3 Å². The van der Waals surface area contributed by atoms with Crippen molar-refractivity contribution >= 4 is 26.5 Å². The molecule has 18 heavy (non-hydrogen) atoms. The first-order valence-electron chi connectivity index (χ1n) is 5.80. The first-order valence-corrected chi connectivity index (χ1v) is 8.52. The normalized spacial score (nSPS) is 18.2. The Hall–Kier alpha value is -0.700. The molecular weight excluding hydrogens is 272 g/mol. The number of hydrogen-bond acceptors (Lipinski definition) is 6. The van der Waals surface area contributed by atoms with E-state index in [1.165, 1.54) is 10.6 Å². The highest BCUT2D eigenvalue weighted by atomic mass is 32.2. The fraction of sp³-hybridized carbons (Fsp3) is 0.700. The number of sulfonamides is 1. The Morgan fingerprint density at radius 3 is 2.61 bits per heavy atom. The van der Waals surface area contributed by atoms with Gasteiger partial charge >= 0.3 is 0 Å². The van der Waals surface area contributed by atoms with Crippen LogP contribution in [0.15, 0.2) is 5.38 Å². The monoisotopic (exact) mass is 290 g/mol. The van der Waals surface area contributed by atoms with E-state index in [0.717, 1.165) is 17.4 Å². The predicted molar refractivity (Wildman–Crippen MR) is 73.5 cm³/mol. The summed E-state index contributed by atoms with van der Waals surface area (Å²) in [4.78, 5) is 6.67. The summed E-state index contributed by atoms with van der Waals surface area (Å²) in [5.74, 6) is 0. The van der Waals surface area contributed by atoms with Crippen LogP contribution in [0.25, 0.3) is 0 Å². The van der Waals surface area contributed by atoms with Crippen LogP contribution in [0.5, 0.6) is 0 Å². The molecule has 0 radical (unpaired) electrons. The Bertz CT molecular complexity index is 492. The van der Waals surface area contributed by atoms with E-state index in [4.69, 9.17) is 0 Å². The first-order chi connectivity index (χ1) is 8.50. The Kier molecular flexibility index (Phi) is 4.21. The summed E-state index contributed by atoms with van der Waals surface area (Å²) in [7, 11) is -1.16. The van der Waals surface area contributed by atoms with E-state index in [1.54, 1.807) is 11.3 Å². The minimum Gasteiger partial charge on any atom is -0.345 e. The second-order valence-corrected chi connectivity index (χ2v) is 7.12. The number of hydrogen-bond donors (Lipinski definition) is 1. The molecule has 1 aliphatic heterocycles. The second kappa shape index (κ2) is 5.52. The molecule has 1 aromatic rings. The molecule has 0 amide bonds. The molecule has 0 saturated carbocycles. The van der Waals surface area contributed by atoms with Crippen molar-refractivity contribution in [2.45, 2.75) is 6.54 Å². The van der Waals surface area contributed by atoms with Crippen LogP contribution in [-0.4, -0.2) is 57.2 Å². The third kappa shape index (κ3) is 3.19. The summed E-state index contributed by atoms with van der Waals surface area (Å²) in [6.45, 7) is 3.26. The third-order valence-corrected chi connectivity index (χ3v) is 5.13. The largest absolute Gasteiger partial charge is 0.345 e. The van der Waals surface area contributed by atoms with Gasteiger partial charge in [-0.05, 0) is 7.05 Å². The van der Waals surface area contributed by atoms with E-state index in [1.807, 2.05) is 12.4 Å². The second-order valence-electron chi connectivity index (χ2n) is 4.30. The van der Waals surface area contributed by atoms with Crippen molar-refractivity contribution in [2.24, 2.45) is 0 Å². The lowest BCUT2D eigenvalue weighted by atomic mass is 10.4. The summed E-state index contributed by atoms with van der Waals surface area (Å²) in [5, 5.41) is 6.08. The van der Waals surface area contributed by atoms with Gasteiger partial charge < -0.3 is 10.2 Å². The van der Waals surface area contributed by atoms with Crippen molar-refractivity contribution in [3.05, 3.63) is 11.1 Å². The number of piperazine rings is 1. The van der Waals surface area contributed by atoms with Gasteiger partial charge in [0.2, 0.25) is 10.0 Å². The van der Waals surface area contributed by atoms with Gasteiger partial charge in [-0.2, -0.15) is 4.31 Å². The molecule has 2 heterocycles. The molecule has 0 unspecified atom stereocenters. The van der Waals surface area contributed by atoms with Crippen LogP contribution in [0, 0.1) is 0 Å². The lowest BCUT2D eigenvalue weighted by Crippen LogP contribution is -2.48. The van der Waals surface area contributed by atoms with Gasteiger partial charge in [0.25, 0.3) is 0 Å². The van der Waals surface area contributed by atoms with Gasteiger partial charge in [-0.1, -0.05) is 0 Å². The Balaban J connectivity index is 1.96. The average Bonchev–Trinajstić information content (AvgIpc) is 2.77. The highest BCUT2D eigenvalue weighted by Crippen LogP contribution is 2.22. The molecule has 1 aliphatic rings. The fourth-order valence-electron chi connectivity index (χ4n) is 1.91. The summed E-state index contributed by atoms with van der Waals surface area (Å²) in [6, 6.07) is 0. The van der Waals surface area contributed by atoms with Crippen LogP contribution in [0.3, 0.4) is 0 Å². The maximum Gasteiger partial charge on any atom is 0.211 e. The van der Waals surface area contributed by atoms with Gasteiger partial charge in [0, 0.05) is 38.1 Å². The zero-order chi connectivity index (χ0) is 13.2. The van der Waals surface area contributed by atoms with Crippen molar-refractivity contribution in [3.8, 4) is 0 Å². The molecule has 1 fully saturated rings. The molecule has 1 aromatic heterocycles. The van der Waals surface area contributed by atoms with Gasteiger partial charge in [0.15, 0.2) is 5.13 Å². The summed E-state index contributed by atoms with van der Waals surface area (Å²) in [6.07, 6.45) is 1.26. The van der Waals surface area contributed by atoms with E-state index in [9.17, 15) is 8.42 Å². The summed E-state index contributed by atoms with van der Waals surface area (Å²) in [5.41, 5.74) is 1.03. The van der Waals surface area contributed by atoms with E-state index in [2.05, 4.69) is 15.2 Å². The quantitative estimate of drug-likeness (QED) is 0.842. The highest BCUT2D eigenvalue weighted by Gasteiger charge is 2.24. The van der Waals surface area contributed by atoms with Gasteiger partial charge in [-0.25, -0.2) is 13.4 Å². The molecule has 2 rings (SSSR count). The molecule has 102 valence electrons. The molecule has 0 spiro atoms. The Labute approximate surface area is 112 Å². The number of aromatic nitrogens is 1. The van der Waals surface area contributed by atoms with Crippen LogP contribution in [0.2, 0.25) is 0 Å². The predicted octanol–water partition coefficient (Wildman–Crippen LogP) is -0.0559. The van der Waals surface area contributed by atoms with E-state index in [0.29, 0.717) is 26.2 Å². The summed E-state index contributed by atoms with van der Waals surface area (Å²) < 4.78 is 24.3. The van der Waals surface area contributed by atoms with Crippen LogP contribution in [-0.2, 0) is 16.6 Å². The maximum absolute atomic E-state index is 11.4. The van der Waals surface area contributed by atoms with Crippen molar-refractivity contribution in [1.29, 1.82) is 0 Å². The molecular formula is C10H18N4O2S2. The SMILES string of the molecule is CNCc1csc(N2CCN(S(C)(=O)=O)CC2)n1. The van der Waals surface area contributed by atoms with Crippen LogP contribution < -0.4 is 10.2 Å². The number of thiazole rings is 1. The average molecular weight is 290 g/mol. The topological polar surface area (TPSA) is 65.5 Å². The molecule has 6 nitrogen and oxygen atoms in total.